The minimum Gasteiger partial charge on any atom is -0.448 e. The van der Waals surface area contributed by atoms with Crippen LogP contribution >= 0.6 is 0 Å². The maximum atomic E-state index is 12.9. The Bertz CT molecular complexity index is 692. The van der Waals surface area contributed by atoms with Crippen molar-refractivity contribution in [1.82, 2.24) is 19.7 Å². The summed E-state index contributed by atoms with van der Waals surface area (Å²) in [5, 5.41) is 0. The number of aromatic nitrogens is 1. The van der Waals surface area contributed by atoms with Crippen molar-refractivity contribution in [1.29, 1.82) is 0 Å². The van der Waals surface area contributed by atoms with Crippen LogP contribution in [0.15, 0.2) is 10.8 Å². The fraction of sp³-hybridized carbons (Fsp3) is 0.750. The molecule has 0 saturated carbocycles. The largest absolute Gasteiger partial charge is 0.448 e. The molecule has 4 rings (SSSR count). The fourth-order valence-corrected chi connectivity index (χ4v) is 4.68. The highest BCUT2D eigenvalue weighted by Gasteiger charge is 2.35. The first-order chi connectivity index (χ1) is 13.6. The number of ether oxygens (including phenoxy) is 1. The molecule has 0 aliphatic carbocycles. The SMILES string of the molecule is Cc1ocnc1C(=O)N1CCC(N2CCC[C@H](C(=O)N3CCOCC3)C2)CC1. The molecule has 8 nitrogen and oxygen atoms in total. The van der Waals surface area contributed by atoms with Crippen molar-refractivity contribution in [3.8, 4) is 0 Å². The first-order valence-corrected chi connectivity index (χ1v) is 10.4. The lowest BCUT2D eigenvalue weighted by atomic mass is 9.92. The number of oxazole rings is 1. The van der Waals surface area contributed by atoms with Crippen LogP contribution in [0.5, 0.6) is 0 Å². The van der Waals surface area contributed by atoms with Gasteiger partial charge in [-0.1, -0.05) is 0 Å². The van der Waals surface area contributed by atoms with Crippen molar-refractivity contribution in [3.63, 3.8) is 0 Å². The predicted octanol–water partition coefficient (Wildman–Crippen LogP) is 1.16. The van der Waals surface area contributed by atoms with Gasteiger partial charge >= 0.3 is 0 Å². The number of hydrogen-bond donors (Lipinski definition) is 0. The molecule has 0 bridgehead atoms. The molecule has 1 aromatic heterocycles. The van der Waals surface area contributed by atoms with E-state index in [4.69, 9.17) is 9.15 Å². The van der Waals surface area contributed by atoms with Gasteiger partial charge in [0.2, 0.25) is 5.91 Å². The molecule has 154 valence electrons. The molecule has 8 heteroatoms. The third-order valence-corrected chi connectivity index (χ3v) is 6.34. The van der Waals surface area contributed by atoms with Crippen LogP contribution < -0.4 is 0 Å². The lowest BCUT2D eigenvalue weighted by Crippen LogP contribution is -2.53. The zero-order chi connectivity index (χ0) is 19.5. The highest BCUT2D eigenvalue weighted by molar-refractivity contribution is 5.93. The smallest absolute Gasteiger partial charge is 0.276 e. The van der Waals surface area contributed by atoms with Crippen LogP contribution in [0.25, 0.3) is 0 Å². The van der Waals surface area contributed by atoms with Gasteiger partial charge < -0.3 is 19.0 Å². The molecule has 0 N–H and O–H groups in total. The number of nitrogens with zero attached hydrogens (tertiary/aromatic N) is 4. The standard InChI is InChI=1S/C20H30N4O4/c1-15-18(21-14-28-15)20(26)22-7-4-17(5-8-22)24-6-2-3-16(13-24)19(25)23-9-11-27-12-10-23/h14,16-17H,2-13H2,1H3/t16-/m0/s1. The van der Waals surface area contributed by atoms with E-state index in [1.54, 1.807) is 6.92 Å². The van der Waals surface area contributed by atoms with Gasteiger partial charge in [0, 0.05) is 38.8 Å². The summed E-state index contributed by atoms with van der Waals surface area (Å²) in [6, 6.07) is 0.447. The first-order valence-electron chi connectivity index (χ1n) is 10.4. The quantitative estimate of drug-likeness (QED) is 0.771. The predicted molar refractivity (Wildman–Crippen MR) is 102 cm³/mol. The number of amides is 2. The number of likely N-dealkylation sites (tertiary alicyclic amines) is 2. The van der Waals surface area contributed by atoms with Gasteiger partial charge in [-0.05, 0) is 39.2 Å². The average Bonchev–Trinajstić information content (AvgIpc) is 3.19. The number of morpholine rings is 1. The number of piperidine rings is 2. The second-order valence-corrected chi connectivity index (χ2v) is 8.05. The Hall–Kier alpha value is -1.93. The van der Waals surface area contributed by atoms with E-state index in [2.05, 4.69) is 9.88 Å². The third kappa shape index (κ3) is 4.07. The molecule has 3 aliphatic heterocycles. The van der Waals surface area contributed by atoms with Crippen molar-refractivity contribution in [2.75, 3.05) is 52.5 Å². The van der Waals surface area contributed by atoms with Gasteiger partial charge in [-0.25, -0.2) is 4.98 Å². The van der Waals surface area contributed by atoms with Crippen molar-refractivity contribution < 1.29 is 18.7 Å². The molecule has 0 radical (unpaired) electrons. The molecular formula is C20H30N4O4. The van der Waals surface area contributed by atoms with Crippen molar-refractivity contribution in [2.45, 2.75) is 38.6 Å². The second-order valence-electron chi connectivity index (χ2n) is 8.05. The van der Waals surface area contributed by atoms with Gasteiger partial charge in [0.05, 0.1) is 19.1 Å². The Morgan fingerprint density at radius 1 is 1.04 bits per heavy atom. The first kappa shape index (κ1) is 19.4. The van der Waals surface area contributed by atoms with Crippen LogP contribution in [0, 0.1) is 12.8 Å². The van der Waals surface area contributed by atoms with E-state index >= 15 is 0 Å². The van der Waals surface area contributed by atoms with Crippen LogP contribution in [-0.2, 0) is 9.53 Å². The van der Waals surface area contributed by atoms with Gasteiger partial charge in [-0.3, -0.25) is 14.5 Å². The van der Waals surface area contributed by atoms with E-state index in [9.17, 15) is 9.59 Å². The molecule has 28 heavy (non-hydrogen) atoms. The summed E-state index contributed by atoms with van der Waals surface area (Å²) in [6.07, 6.45) is 5.27. The third-order valence-electron chi connectivity index (χ3n) is 6.34. The van der Waals surface area contributed by atoms with Crippen LogP contribution in [0.1, 0.15) is 41.9 Å². The Morgan fingerprint density at radius 3 is 2.46 bits per heavy atom. The molecule has 3 aliphatic rings. The zero-order valence-electron chi connectivity index (χ0n) is 16.6. The lowest BCUT2D eigenvalue weighted by molar-refractivity contribution is -0.141. The number of aryl methyl sites for hydroxylation is 1. The van der Waals surface area contributed by atoms with E-state index in [1.165, 1.54) is 6.39 Å². The van der Waals surface area contributed by atoms with Crippen LogP contribution in [0.4, 0.5) is 0 Å². The summed E-state index contributed by atoms with van der Waals surface area (Å²) in [5.41, 5.74) is 0.424. The fourth-order valence-electron chi connectivity index (χ4n) is 4.68. The van der Waals surface area contributed by atoms with Gasteiger partial charge in [-0.15, -0.1) is 0 Å². The molecule has 0 aromatic carbocycles. The van der Waals surface area contributed by atoms with E-state index in [-0.39, 0.29) is 11.8 Å². The molecule has 2 amide bonds. The summed E-state index contributed by atoms with van der Waals surface area (Å²) in [6.45, 7) is 7.87. The topological polar surface area (TPSA) is 79.1 Å². The number of rotatable bonds is 3. The van der Waals surface area contributed by atoms with E-state index in [1.807, 2.05) is 9.80 Å². The van der Waals surface area contributed by atoms with Gasteiger partial charge in [-0.2, -0.15) is 0 Å². The van der Waals surface area contributed by atoms with E-state index in [0.717, 1.165) is 65.0 Å². The molecule has 0 spiro atoms. The van der Waals surface area contributed by atoms with Crippen molar-refractivity contribution in [3.05, 3.63) is 17.8 Å². The van der Waals surface area contributed by atoms with Gasteiger partial charge in [0.1, 0.15) is 5.76 Å². The van der Waals surface area contributed by atoms with Crippen LogP contribution in [0.2, 0.25) is 0 Å². The monoisotopic (exact) mass is 390 g/mol. The van der Waals surface area contributed by atoms with Crippen molar-refractivity contribution in [2.24, 2.45) is 5.92 Å². The maximum Gasteiger partial charge on any atom is 0.276 e. The summed E-state index contributed by atoms with van der Waals surface area (Å²) >= 11 is 0. The van der Waals surface area contributed by atoms with E-state index < -0.39 is 0 Å². The number of hydrogen-bond acceptors (Lipinski definition) is 6. The molecule has 0 unspecified atom stereocenters. The minimum absolute atomic E-state index is 0.0382. The lowest BCUT2D eigenvalue weighted by Gasteiger charge is -2.43. The Morgan fingerprint density at radius 2 is 1.79 bits per heavy atom. The molecule has 4 heterocycles. The molecule has 1 atom stereocenters. The van der Waals surface area contributed by atoms with Crippen LogP contribution in [0.3, 0.4) is 0 Å². The molecule has 3 saturated heterocycles. The highest BCUT2D eigenvalue weighted by atomic mass is 16.5. The Kier molecular flexibility index (Phi) is 5.96. The molecule has 1 aromatic rings. The zero-order valence-corrected chi connectivity index (χ0v) is 16.6. The number of carbonyl (C=O) groups is 2. The summed E-state index contributed by atoms with van der Waals surface area (Å²) in [4.78, 5) is 35.9. The molecule has 3 fully saturated rings. The Labute approximate surface area is 165 Å². The minimum atomic E-state index is -0.0382. The maximum absolute atomic E-state index is 12.9. The summed E-state index contributed by atoms with van der Waals surface area (Å²) < 4.78 is 10.5. The van der Waals surface area contributed by atoms with Gasteiger partial charge in [0.25, 0.3) is 5.91 Å². The van der Waals surface area contributed by atoms with E-state index in [0.29, 0.717) is 36.6 Å². The second kappa shape index (κ2) is 8.61. The average molecular weight is 390 g/mol. The summed E-state index contributed by atoms with van der Waals surface area (Å²) in [5.74, 6) is 0.933. The molecular weight excluding hydrogens is 360 g/mol. The van der Waals surface area contributed by atoms with Crippen molar-refractivity contribution >= 4 is 11.8 Å². The number of carbonyl (C=O) groups excluding carboxylic acids is 2. The van der Waals surface area contributed by atoms with Crippen LogP contribution in [-0.4, -0.2) is 90.0 Å². The highest BCUT2D eigenvalue weighted by Crippen LogP contribution is 2.26. The normalized spacial score (nSPS) is 25.1. The Balaban J connectivity index is 1.30. The summed E-state index contributed by atoms with van der Waals surface area (Å²) in [7, 11) is 0. The van der Waals surface area contributed by atoms with Gasteiger partial charge in [0.15, 0.2) is 12.1 Å².